The highest BCUT2D eigenvalue weighted by molar-refractivity contribution is 7.88. The molecule has 0 spiro atoms. The Hall–Kier alpha value is -2.30. The summed E-state index contributed by atoms with van der Waals surface area (Å²) in [7, 11) is -5.90. The molecule has 11 heteroatoms. The fourth-order valence-electron chi connectivity index (χ4n) is 2.42. The summed E-state index contributed by atoms with van der Waals surface area (Å²) in [6, 6.07) is 2.29. The van der Waals surface area contributed by atoms with E-state index in [-0.39, 0.29) is 31.4 Å². The second-order valence-electron chi connectivity index (χ2n) is 6.91. The largest absolute Gasteiger partial charge is 0.534 e. The fraction of sp³-hybridized carbons (Fsp3) is 0.500. The van der Waals surface area contributed by atoms with Crippen molar-refractivity contribution in [2.45, 2.75) is 44.8 Å². The van der Waals surface area contributed by atoms with Gasteiger partial charge in [0.25, 0.3) is 0 Å². The highest BCUT2D eigenvalue weighted by Gasteiger charge is 2.49. The van der Waals surface area contributed by atoms with E-state index < -0.39 is 33.1 Å². The first-order valence-corrected chi connectivity index (χ1v) is 9.24. The minimum atomic E-state index is -5.90. The molecule has 0 bridgehead atoms. The summed E-state index contributed by atoms with van der Waals surface area (Å²) < 4.78 is 69.3. The number of rotatable bonds is 3. The van der Waals surface area contributed by atoms with Crippen LogP contribution in [0.2, 0.25) is 0 Å². The van der Waals surface area contributed by atoms with Crippen molar-refractivity contribution in [1.82, 2.24) is 4.90 Å². The van der Waals surface area contributed by atoms with Gasteiger partial charge in [-0.3, -0.25) is 4.79 Å². The molecular formula is C16H18F3NO6S. The molecule has 0 saturated heterocycles. The van der Waals surface area contributed by atoms with Crippen molar-refractivity contribution < 1.29 is 40.1 Å². The zero-order valence-corrected chi connectivity index (χ0v) is 15.6. The predicted octanol–water partition coefficient (Wildman–Crippen LogP) is 3.02. The summed E-state index contributed by atoms with van der Waals surface area (Å²) in [4.78, 5) is 24.7. The Morgan fingerprint density at radius 1 is 1.19 bits per heavy atom. The molecule has 1 aliphatic rings. The second kappa shape index (κ2) is 7.02. The molecule has 1 heterocycles. The van der Waals surface area contributed by atoms with Crippen molar-refractivity contribution in [2.24, 2.45) is 0 Å². The van der Waals surface area contributed by atoms with E-state index in [9.17, 15) is 31.2 Å². The molecule has 0 saturated carbocycles. The molecule has 27 heavy (non-hydrogen) atoms. The number of hydrogen-bond acceptors (Lipinski definition) is 6. The lowest BCUT2D eigenvalue weighted by molar-refractivity contribution is -0.0500. The molecule has 0 atom stereocenters. The maximum absolute atomic E-state index is 12.5. The van der Waals surface area contributed by atoms with Gasteiger partial charge in [-0.1, -0.05) is 0 Å². The van der Waals surface area contributed by atoms with Crippen LogP contribution in [0.1, 0.15) is 42.3 Å². The minimum absolute atomic E-state index is 0.0669. The van der Waals surface area contributed by atoms with E-state index in [4.69, 9.17) is 4.74 Å². The highest BCUT2D eigenvalue weighted by Crippen LogP contribution is 2.32. The van der Waals surface area contributed by atoms with Crippen LogP contribution in [0, 0.1) is 0 Å². The molecule has 150 valence electrons. The number of hydrogen-bond donors (Lipinski definition) is 0. The molecule has 2 rings (SSSR count). The van der Waals surface area contributed by atoms with Crippen LogP contribution >= 0.6 is 0 Å². The van der Waals surface area contributed by atoms with Crippen molar-refractivity contribution in [1.29, 1.82) is 0 Å². The van der Waals surface area contributed by atoms with Gasteiger partial charge in [0.05, 0.1) is 5.56 Å². The number of alkyl halides is 3. The molecule has 7 nitrogen and oxygen atoms in total. The Kier molecular flexibility index (Phi) is 5.46. The molecule has 0 fully saturated rings. The van der Waals surface area contributed by atoms with Gasteiger partial charge in [-0.25, -0.2) is 4.79 Å². The lowest BCUT2D eigenvalue weighted by Crippen LogP contribution is -2.40. The third-order valence-electron chi connectivity index (χ3n) is 3.61. The molecule has 1 aliphatic heterocycles. The Bertz CT molecular complexity index is 858. The van der Waals surface area contributed by atoms with E-state index in [0.717, 1.165) is 6.07 Å². The van der Waals surface area contributed by atoms with Crippen LogP contribution in [0.25, 0.3) is 0 Å². The first kappa shape index (κ1) is 21.0. The van der Waals surface area contributed by atoms with E-state index in [1.165, 1.54) is 11.0 Å². The lowest BCUT2D eigenvalue weighted by atomic mass is 9.97. The third kappa shape index (κ3) is 4.90. The lowest BCUT2D eigenvalue weighted by Gasteiger charge is -2.31. The normalized spacial score (nSPS) is 15.1. The molecule has 0 N–H and O–H groups in total. The molecule has 0 aromatic heterocycles. The second-order valence-corrected chi connectivity index (χ2v) is 8.45. The number of carbonyl (C=O) groups is 2. The Balaban J connectivity index is 2.30. The number of halogens is 3. The average molecular weight is 409 g/mol. The van der Waals surface area contributed by atoms with Gasteiger partial charge < -0.3 is 13.8 Å². The molecule has 0 aliphatic carbocycles. The van der Waals surface area contributed by atoms with Gasteiger partial charge in [-0.05, 0) is 50.5 Å². The SMILES string of the molecule is CC(C)(C)OC(=O)N1CCc2cc(OS(=O)(=O)C(F)(F)F)c(C=O)cc2C1. The number of amides is 1. The van der Waals surface area contributed by atoms with Gasteiger partial charge in [-0.2, -0.15) is 21.6 Å². The van der Waals surface area contributed by atoms with Crippen molar-refractivity contribution in [3.63, 3.8) is 0 Å². The number of benzene rings is 1. The first-order chi connectivity index (χ1) is 12.2. The summed E-state index contributed by atoms with van der Waals surface area (Å²) in [5.74, 6) is -0.702. The maximum Gasteiger partial charge on any atom is 0.534 e. The number of carbonyl (C=O) groups excluding carboxylic acids is 2. The standard InChI is InChI=1S/C16H18F3NO6S/c1-15(2,3)25-14(22)20-5-4-10-7-13(12(9-21)6-11(10)8-20)26-27(23,24)16(17,18)19/h6-7,9H,4-5,8H2,1-3H3. The molecule has 1 aromatic rings. The van der Waals surface area contributed by atoms with E-state index >= 15 is 0 Å². The molecular weight excluding hydrogens is 391 g/mol. The van der Waals surface area contributed by atoms with Gasteiger partial charge in [0.15, 0.2) is 12.0 Å². The maximum atomic E-state index is 12.5. The topological polar surface area (TPSA) is 90.0 Å². The number of nitrogens with zero attached hydrogens (tertiary/aromatic N) is 1. The summed E-state index contributed by atoms with van der Waals surface area (Å²) in [5.41, 5.74) is -5.71. The van der Waals surface area contributed by atoms with Crippen LogP contribution in [-0.2, 0) is 27.8 Å². The van der Waals surface area contributed by atoms with Crippen LogP contribution in [0.3, 0.4) is 0 Å². The zero-order chi connectivity index (χ0) is 20.6. The van der Waals surface area contributed by atoms with E-state index in [0.29, 0.717) is 11.1 Å². The van der Waals surface area contributed by atoms with Gasteiger partial charge in [0.2, 0.25) is 0 Å². The quantitative estimate of drug-likeness (QED) is 0.433. The summed E-state index contributed by atoms with van der Waals surface area (Å²) in [6.07, 6.45) is -0.148. The number of ether oxygens (including phenoxy) is 1. The van der Waals surface area contributed by atoms with Crippen molar-refractivity contribution >= 4 is 22.5 Å². The average Bonchev–Trinajstić information content (AvgIpc) is 2.50. The predicted molar refractivity (Wildman–Crippen MR) is 87.8 cm³/mol. The summed E-state index contributed by atoms with van der Waals surface area (Å²) in [5, 5.41) is 0. The van der Waals surface area contributed by atoms with E-state index in [2.05, 4.69) is 4.18 Å². The Morgan fingerprint density at radius 2 is 1.81 bits per heavy atom. The van der Waals surface area contributed by atoms with Crippen LogP contribution in [0.5, 0.6) is 5.75 Å². The van der Waals surface area contributed by atoms with E-state index in [1.807, 2.05) is 0 Å². The van der Waals surface area contributed by atoms with Gasteiger partial charge >= 0.3 is 21.7 Å². The third-order valence-corrected chi connectivity index (χ3v) is 4.57. The van der Waals surface area contributed by atoms with Crippen molar-refractivity contribution in [3.05, 3.63) is 28.8 Å². The molecule has 1 aromatic carbocycles. The summed E-state index contributed by atoms with van der Waals surface area (Å²) >= 11 is 0. The van der Waals surface area contributed by atoms with Crippen molar-refractivity contribution in [3.8, 4) is 5.75 Å². The van der Waals surface area contributed by atoms with Crippen LogP contribution < -0.4 is 4.18 Å². The highest BCUT2D eigenvalue weighted by atomic mass is 32.2. The number of fused-ring (bicyclic) bond motifs is 1. The molecule has 0 radical (unpaired) electrons. The van der Waals surface area contributed by atoms with Crippen molar-refractivity contribution in [2.75, 3.05) is 6.54 Å². The Labute approximate surface area is 154 Å². The monoisotopic (exact) mass is 409 g/mol. The zero-order valence-electron chi connectivity index (χ0n) is 14.8. The molecule has 1 amide bonds. The summed E-state index contributed by atoms with van der Waals surface area (Å²) in [6.45, 7) is 5.40. The van der Waals surface area contributed by atoms with Crippen LogP contribution in [-0.4, -0.2) is 43.4 Å². The van der Waals surface area contributed by atoms with Gasteiger partial charge in [0, 0.05) is 13.1 Å². The Morgan fingerprint density at radius 3 is 2.33 bits per heavy atom. The molecule has 0 unspecified atom stereocenters. The minimum Gasteiger partial charge on any atom is -0.444 e. The smallest absolute Gasteiger partial charge is 0.444 e. The number of aldehydes is 1. The van der Waals surface area contributed by atoms with Crippen LogP contribution in [0.4, 0.5) is 18.0 Å². The first-order valence-electron chi connectivity index (χ1n) is 7.83. The van der Waals surface area contributed by atoms with E-state index in [1.54, 1.807) is 20.8 Å². The van der Waals surface area contributed by atoms with Gasteiger partial charge in [-0.15, -0.1) is 0 Å². The van der Waals surface area contributed by atoms with Crippen LogP contribution in [0.15, 0.2) is 12.1 Å². The van der Waals surface area contributed by atoms with Gasteiger partial charge in [0.1, 0.15) is 5.60 Å². The fourth-order valence-corrected chi connectivity index (χ4v) is 2.89.